The van der Waals surface area contributed by atoms with Crippen molar-refractivity contribution in [1.82, 2.24) is 0 Å². The number of aliphatic carboxylic acids is 1. The van der Waals surface area contributed by atoms with Crippen LogP contribution in [0.15, 0.2) is 0 Å². The fraction of sp³-hybridized carbons (Fsp3) is 0.800. The molecule has 4 heteroatoms. The molecule has 0 amide bonds. The molecule has 54 valence electrons. The van der Waals surface area contributed by atoms with E-state index in [0.717, 1.165) is 0 Å². The second-order valence-corrected chi connectivity index (χ2v) is 3.42. The van der Waals surface area contributed by atoms with Gasteiger partial charge < -0.3 is 0 Å². The van der Waals surface area contributed by atoms with Crippen molar-refractivity contribution in [3.63, 3.8) is 0 Å². The Morgan fingerprint density at radius 3 is 2.33 bits per heavy atom. The van der Waals surface area contributed by atoms with Gasteiger partial charge in [-0.05, 0) is 0 Å². The third-order valence-corrected chi connectivity index (χ3v) is 1.81. The van der Waals surface area contributed by atoms with Crippen LogP contribution in [0.4, 0.5) is 0 Å². The summed E-state index contributed by atoms with van der Waals surface area (Å²) in [6.07, 6.45) is 0.944. The Morgan fingerprint density at radius 2 is 2.22 bits per heavy atom. The third-order valence-electron chi connectivity index (χ3n) is 0.941. The Kier molecular flexibility index (Phi) is 3.18. The van der Waals surface area contributed by atoms with Crippen molar-refractivity contribution in [3.05, 3.63) is 0 Å². The fourth-order valence-electron chi connectivity index (χ4n) is 0.456. The normalized spacial score (nSPS) is 16.8. The quantitative estimate of drug-likeness (QED) is 0.597. The van der Waals surface area contributed by atoms with Crippen molar-refractivity contribution in [3.8, 4) is 0 Å². The van der Waals surface area contributed by atoms with E-state index in [9.17, 15) is 4.79 Å². The molecule has 0 radical (unpaired) electrons. The monoisotopic (exact) mass is 198 g/mol. The van der Waals surface area contributed by atoms with Crippen LogP contribution in [0.5, 0.6) is 0 Å². The van der Waals surface area contributed by atoms with Gasteiger partial charge in [0.25, 0.3) is 0 Å². The minimum atomic E-state index is -1.60. The number of aliphatic hydroxyl groups is 1. The van der Waals surface area contributed by atoms with Crippen LogP contribution < -0.4 is 0 Å². The van der Waals surface area contributed by atoms with Crippen molar-refractivity contribution in [1.29, 1.82) is 0 Å². The van der Waals surface area contributed by atoms with Crippen molar-refractivity contribution >= 4 is 22.0 Å². The van der Waals surface area contributed by atoms with Gasteiger partial charge in [0.15, 0.2) is 0 Å². The topological polar surface area (TPSA) is 57.5 Å². The zero-order chi connectivity index (χ0) is 7.49. The van der Waals surface area contributed by atoms with Crippen LogP contribution in [0.25, 0.3) is 0 Å². The van der Waals surface area contributed by atoms with Gasteiger partial charge >= 0.3 is 61.3 Å². The van der Waals surface area contributed by atoms with Crippen LogP contribution in [-0.4, -0.2) is 36.7 Å². The summed E-state index contributed by atoms with van der Waals surface area (Å²) in [5, 5.41) is 17.3. The van der Waals surface area contributed by atoms with Gasteiger partial charge in [-0.15, -0.1) is 0 Å². The van der Waals surface area contributed by atoms with Crippen molar-refractivity contribution in [2.45, 2.75) is 24.3 Å². The molecule has 0 aromatic carbocycles. The first-order valence-corrected chi connectivity index (χ1v) is 3.62. The second-order valence-electron chi connectivity index (χ2n) is 1.87. The number of rotatable bonds is 3. The van der Waals surface area contributed by atoms with Gasteiger partial charge in [-0.2, -0.15) is 0 Å². The van der Waals surface area contributed by atoms with E-state index in [-0.39, 0.29) is 6.42 Å². The molecule has 0 spiro atoms. The molecule has 0 saturated carbocycles. The molecule has 0 rings (SSSR count). The van der Waals surface area contributed by atoms with Gasteiger partial charge in [-0.3, -0.25) is 0 Å². The van der Waals surface area contributed by atoms with E-state index in [4.69, 9.17) is 10.2 Å². The molecule has 0 aliphatic rings. The van der Waals surface area contributed by atoms with Crippen LogP contribution in [0, 0.1) is 0 Å². The number of hydrogen-bond acceptors (Lipinski definition) is 2. The molecule has 1 atom stereocenters. The van der Waals surface area contributed by atoms with Crippen LogP contribution in [-0.2, 0) is 4.79 Å². The number of hydrogen-bond donors (Lipinski definition) is 2. The first kappa shape index (κ1) is 8.95. The minimum absolute atomic E-state index is 0.280. The molecule has 0 aliphatic carbocycles. The molecule has 0 saturated heterocycles. The Morgan fingerprint density at radius 1 is 1.78 bits per heavy atom. The van der Waals surface area contributed by atoms with Crippen molar-refractivity contribution < 1.29 is 15.0 Å². The second kappa shape index (κ2) is 3.20. The molecular weight excluding hydrogens is 187 g/mol. The molecule has 0 aromatic rings. The standard InChI is InChI=1S/C5H10O3Se/c1-2-3-5(8,9)4(6)7/h8-9H,2-3H2,1H3,(H,6,7). The summed E-state index contributed by atoms with van der Waals surface area (Å²) >= 11 is 1.76. The van der Waals surface area contributed by atoms with E-state index >= 15 is 0 Å². The van der Waals surface area contributed by atoms with Crippen molar-refractivity contribution in [2.75, 3.05) is 0 Å². The molecule has 0 aliphatic heterocycles. The average molecular weight is 197 g/mol. The maximum absolute atomic E-state index is 10.1. The van der Waals surface area contributed by atoms with E-state index in [0.29, 0.717) is 6.42 Å². The van der Waals surface area contributed by atoms with E-state index < -0.39 is 10.5 Å². The summed E-state index contributed by atoms with van der Waals surface area (Å²) in [4.78, 5) is 10.1. The van der Waals surface area contributed by atoms with E-state index in [1.54, 1.807) is 16.0 Å². The van der Waals surface area contributed by atoms with E-state index in [1.165, 1.54) is 0 Å². The fourth-order valence-corrected chi connectivity index (χ4v) is 0.925. The summed E-state index contributed by atoms with van der Waals surface area (Å²) in [5.41, 5.74) is 0. The van der Waals surface area contributed by atoms with Gasteiger partial charge in [0.05, 0.1) is 0 Å². The summed E-state index contributed by atoms with van der Waals surface area (Å²) in [6.45, 7) is 1.82. The Bertz CT molecular complexity index is 111. The van der Waals surface area contributed by atoms with Gasteiger partial charge in [0.2, 0.25) is 0 Å². The summed E-state index contributed by atoms with van der Waals surface area (Å²) in [7, 11) is 0. The molecule has 1 unspecified atom stereocenters. The molecule has 3 nitrogen and oxygen atoms in total. The molecule has 2 N–H and O–H groups in total. The molecule has 9 heavy (non-hydrogen) atoms. The Hall–Kier alpha value is -0.0505. The molecule has 0 heterocycles. The zero-order valence-corrected chi connectivity index (χ0v) is 7.04. The first-order valence-electron chi connectivity index (χ1n) is 2.69. The average Bonchev–Trinajstić information content (AvgIpc) is 1.65. The summed E-state index contributed by atoms with van der Waals surface area (Å²) in [5.74, 6) is -1.18. The SMILES string of the molecule is CCCC(O)([SeH])C(=O)O. The van der Waals surface area contributed by atoms with Gasteiger partial charge in [0.1, 0.15) is 0 Å². The molecule has 0 bridgehead atoms. The van der Waals surface area contributed by atoms with E-state index in [2.05, 4.69) is 0 Å². The van der Waals surface area contributed by atoms with Crippen molar-refractivity contribution in [2.24, 2.45) is 0 Å². The van der Waals surface area contributed by atoms with Crippen LogP contribution in [0.1, 0.15) is 19.8 Å². The van der Waals surface area contributed by atoms with E-state index in [1.807, 2.05) is 6.92 Å². The summed E-state index contributed by atoms with van der Waals surface area (Å²) < 4.78 is -1.60. The predicted molar refractivity (Wildman–Crippen MR) is 34.6 cm³/mol. The molecule has 0 aromatic heterocycles. The molecule has 0 fully saturated rings. The maximum atomic E-state index is 10.1. The number of carbonyl (C=O) groups is 1. The van der Waals surface area contributed by atoms with Gasteiger partial charge in [-0.1, -0.05) is 0 Å². The predicted octanol–water partition coefficient (Wildman–Crippen LogP) is -0.540. The number of carboxylic acids is 1. The van der Waals surface area contributed by atoms with Gasteiger partial charge in [0, 0.05) is 0 Å². The van der Waals surface area contributed by atoms with Crippen LogP contribution >= 0.6 is 0 Å². The number of carboxylic acid groups (broad SMARTS) is 1. The van der Waals surface area contributed by atoms with Crippen LogP contribution in [0.3, 0.4) is 0 Å². The van der Waals surface area contributed by atoms with Crippen LogP contribution in [0.2, 0.25) is 0 Å². The Labute approximate surface area is 61.9 Å². The third kappa shape index (κ3) is 2.84. The van der Waals surface area contributed by atoms with Gasteiger partial charge in [-0.25, -0.2) is 0 Å². The Balaban J connectivity index is 3.85. The molecular formula is C5H10O3Se. The first-order chi connectivity index (χ1) is 4.00. The zero-order valence-electron chi connectivity index (χ0n) is 5.16. The summed E-state index contributed by atoms with van der Waals surface area (Å²) in [6, 6.07) is 0.